The van der Waals surface area contributed by atoms with Crippen LogP contribution >= 0.6 is 0 Å². The van der Waals surface area contributed by atoms with Crippen LogP contribution in [0.15, 0.2) is 36.4 Å². The molecule has 1 N–H and O–H groups in total. The SMILES string of the molecule is Cc1cccc(NC(=O)COC(=O)CN2C(=O)[C@@H]3[C@H](C2=O)[C@H]2C=C[C@H]3C2)c1. The second-order valence-corrected chi connectivity index (χ2v) is 7.34. The number of amides is 3. The van der Waals surface area contributed by atoms with Crippen LogP contribution in [0.2, 0.25) is 0 Å². The number of aryl methyl sites for hydroxylation is 1. The van der Waals surface area contributed by atoms with Crippen LogP contribution in [0.1, 0.15) is 12.0 Å². The fraction of sp³-hybridized carbons (Fsp3) is 0.400. The summed E-state index contributed by atoms with van der Waals surface area (Å²) in [6.07, 6.45) is 4.83. The first kappa shape index (κ1) is 17.5. The predicted molar refractivity (Wildman–Crippen MR) is 95.2 cm³/mol. The molecule has 3 amide bonds. The lowest BCUT2D eigenvalue weighted by molar-refractivity contribution is -0.154. The molecular weight excluding hydrogens is 348 g/mol. The minimum Gasteiger partial charge on any atom is -0.454 e. The maximum Gasteiger partial charge on any atom is 0.326 e. The summed E-state index contributed by atoms with van der Waals surface area (Å²) in [5.74, 6) is -2.35. The number of hydrogen-bond acceptors (Lipinski definition) is 5. The Morgan fingerprint density at radius 1 is 1.15 bits per heavy atom. The number of fused-ring (bicyclic) bond motifs is 5. The standard InChI is InChI=1S/C20H20N2O5/c1-11-3-2-4-14(7-11)21-15(23)10-27-16(24)9-22-19(25)17-12-5-6-13(8-12)18(17)20(22)26/h2-7,12-13,17-18H,8-10H2,1H3,(H,21,23)/t12-,13-,17-,18+/m0/s1. The summed E-state index contributed by atoms with van der Waals surface area (Å²) in [6.45, 7) is 0.987. The predicted octanol–water partition coefficient (Wildman–Crippen LogP) is 1.28. The van der Waals surface area contributed by atoms with Crippen LogP contribution < -0.4 is 5.32 Å². The van der Waals surface area contributed by atoms with Gasteiger partial charge in [0.15, 0.2) is 6.61 Å². The van der Waals surface area contributed by atoms with E-state index in [1.54, 1.807) is 18.2 Å². The Kier molecular flexibility index (Phi) is 4.30. The van der Waals surface area contributed by atoms with E-state index in [1.165, 1.54) is 0 Å². The van der Waals surface area contributed by atoms with Crippen molar-refractivity contribution in [2.75, 3.05) is 18.5 Å². The highest BCUT2D eigenvalue weighted by molar-refractivity contribution is 6.08. The largest absolute Gasteiger partial charge is 0.454 e. The van der Waals surface area contributed by atoms with E-state index in [1.807, 2.05) is 25.1 Å². The number of carbonyl (C=O) groups is 4. The van der Waals surface area contributed by atoms with Gasteiger partial charge >= 0.3 is 5.97 Å². The average Bonchev–Trinajstić information content (AvgIpc) is 3.30. The summed E-state index contributed by atoms with van der Waals surface area (Å²) in [7, 11) is 0. The third kappa shape index (κ3) is 3.13. The van der Waals surface area contributed by atoms with E-state index in [0.29, 0.717) is 5.69 Å². The van der Waals surface area contributed by atoms with E-state index in [4.69, 9.17) is 4.74 Å². The Bertz CT molecular complexity index is 832. The molecule has 4 atom stereocenters. The van der Waals surface area contributed by atoms with Crippen molar-refractivity contribution in [3.63, 3.8) is 0 Å². The van der Waals surface area contributed by atoms with Crippen LogP contribution in [0, 0.1) is 30.6 Å². The van der Waals surface area contributed by atoms with Crippen molar-refractivity contribution in [3.05, 3.63) is 42.0 Å². The molecule has 7 heteroatoms. The molecule has 4 rings (SSSR count). The number of anilines is 1. The highest BCUT2D eigenvalue weighted by Gasteiger charge is 2.59. The fourth-order valence-corrected chi connectivity index (χ4v) is 4.36. The first-order valence-electron chi connectivity index (χ1n) is 9.00. The van der Waals surface area contributed by atoms with E-state index in [-0.39, 0.29) is 35.5 Å². The van der Waals surface area contributed by atoms with Crippen LogP contribution in [0.25, 0.3) is 0 Å². The summed E-state index contributed by atoms with van der Waals surface area (Å²) in [5.41, 5.74) is 1.60. The minimum absolute atomic E-state index is 0.0950. The molecule has 1 aromatic rings. The number of likely N-dealkylation sites (tertiary alicyclic amines) is 1. The maximum atomic E-state index is 12.5. The number of carbonyl (C=O) groups excluding carboxylic acids is 4. The molecule has 140 valence electrons. The van der Waals surface area contributed by atoms with Crippen molar-refractivity contribution in [1.82, 2.24) is 4.90 Å². The van der Waals surface area contributed by atoms with Crippen molar-refractivity contribution in [2.24, 2.45) is 23.7 Å². The Labute approximate surface area is 156 Å². The number of nitrogens with one attached hydrogen (secondary N) is 1. The maximum absolute atomic E-state index is 12.5. The number of esters is 1. The van der Waals surface area contributed by atoms with Gasteiger partial charge in [-0.1, -0.05) is 24.3 Å². The van der Waals surface area contributed by atoms with Gasteiger partial charge in [0.05, 0.1) is 11.8 Å². The van der Waals surface area contributed by atoms with Gasteiger partial charge < -0.3 is 10.1 Å². The lowest BCUT2D eigenvalue weighted by atomic mass is 9.85. The molecule has 1 heterocycles. The van der Waals surface area contributed by atoms with Gasteiger partial charge in [-0.25, -0.2) is 0 Å². The first-order chi connectivity index (χ1) is 12.9. The monoisotopic (exact) mass is 368 g/mol. The molecule has 1 aliphatic heterocycles. The number of nitrogens with zero attached hydrogens (tertiary/aromatic N) is 1. The molecule has 1 saturated heterocycles. The average molecular weight is 368 g/mol. The van der Waals surface area contributed by atoms with Crippen LogP contribution in [0.4, 0.5) is 5.69 Å². The molecule has 0 spiro atoms. The second kappa shape index (κ2) is 6.64. The van der Waals surface area contributed by atoms with E-state index >= 15 is 0 Å². The van der Waals surface area contributed by atoms with Gasteiger partial charge in [0, 0.05) is 5.69 Å². The third-order valence-electron chi connectivity index (χ3n) is 5.51. The molecular formula is C20H20N2O5. The van der Waals surface area contributed by atoms with E-state index in [0.717, 1.165) is 16.9 Å². The Balaban J connectivity index is 1.29. The number of allylic oxidation sites excluding steroid dienone is 2. The first-order valence-corrected chi connectivity index (χ1v) is 9.00. The fourth-order valence-electron chi connectivity index (χ4n) is 4.36. The van der Waals surface area contributed by atoms with Gasteiger partial charge in [-0.15, -0.1) is 0 Å². The van der Waals surface area contributed by atoms with E-state index in [2.05, 4.69) is 5.32 Å². The van der Waals surface area contributed by atoms with Crippen LogP contribution in [-0.4, -0.2) is 41.7 Å². The third-order valence-corrected chi connectivity index (χ3v) is 5.51. The van der Waals surface area contributed by atoms with Crippen LogP contribution in [0.3, 0.4) is 0 Å². The van der Waals surface area contributed by atoms with Gasteiger partial charge in [0.1, 0.15) is 6.54 Å². The molecule has 1 saturated carbocycles. The number of benzene rings is 1. The Morgan fingerprint density at radius 3 is 2.44 bits per heavy atom. The topological polar surface area (TPSA) is 92.8 Å². The highest BCUT2D eigenvalue weighted by Crippen LogP contribution is 2.52. The van der Waals surface area contributed by atoms with Gasteiger partial charge in [0.25, 0.3) is 5.91 Å². The number of rotatable bonds is 5. The molecule has 0 unspecified atom stereocenters. The lowest BCUT2D eigenvalue weighted by Gasteiger charge is -2.16. The molecule has 0 radical (unpaired) electrons. The normalized spacial score (nSPS) is 27.8. The van der Waals surface area contributed by atoms with Crippen molar-refractivity contribution in [2.45, 2.75) is 13.3 Å². The van der Waals surface area contributed by atoms with Crippen molar-refractivity contribution >= 4 is 29.4 Å². The second-order valence-electron chi connectivity index (χ2n) is 7.34. The minimum atomic E-state index is -0.767. The summed E-state index contributed by atoms with van der Waals surface area (Å²) in [5, 5.41) is 2.63. The Morgan fingerprint density at radius 2 is 1.81 bits per heavy atom. The van der Waals surface area contributed by atoms with Gasteiger partial charge in [-0.2, -0.15) is 0 Å². The summed E-state index contributed by atoms with van der Waals surface area (Å²) in [4.78, 5) is 50.0. The Hall–Kier alpha value is -2.96. The zero-order chi connectivity index (χ0) is 19.1. The molecule has 2 aliphatic carbocycles. The molecule has 7 nitrogen and oxygen atoms in total. The van der Waals surface area contributed by atoms with Crippen molar-refractivity contribution in [1.29, 1.82) is 0 Å². The van der Waals surface area contributed by atoms with Crippen LogP contribution in [-0.2, 0) is 23.9 Å². The zero-order valence-corrected chi connectivity index (χ0v) is 14.9. The number of ether oxygens (including phenoxy) is 1. The zero-order valence-electron chi connectivity index (χ0n) is 14.9. The number of hydrogen-bond donors (Lipinski definition) is 1. The molecule has 0 aromatic heterocycles. The highest BCUT2D eigenvalue weighted by atomic mass is 16.5. The van der Waals surface area contributed by atoms with Gasteiger partial charge in [-0.3, -0.25) is 24.1 Å². The number of imide groups is 1. The summed E-state index contributed by atoms with van der Waals surface area (Å²) >= 11 is 0. The molecule has 2 fully saturated rings. The smallest absolute Gasteiger partial charge is 0.326 e. The van der Waals surface area contributed by atoms with Crippen LogP contribution in [0.5, 0.6) is 0 Å². The summed E-state index contributed by atoms with van der Waals surface area (Å²) in [6, 6.07) is 7.23. The van der Waals surface area contributed by atoms with Gasteiger partial charge in [-0.05, 0) is 42.9 Å². The van der Waals surface area contributed by atoms with Crippen molar-refractivity contribution < 1.29 is 23.9 Å². The van der Waals surface area contributed by atoms with E-state index < -0.39 is 25.0 Å². The molecule has 27 heavy (non-hydrogen) atoms. The summed E-state index contributed by atoms with van der Waals surface area (Å²) < 4.78 is 4.94. The quantitative estimate of drug-likeness (QED) is 0.480. The molecule has 1 aromatic carbocycles. The van der Waals surface area contributed by atoms with Crippen molar-refractivity contribution in [3.8, 4) is 0 Å². The molecule has 3 aliphatic rings. The van der Waals surface area contributed by atoms with Gasteiger partial charge in [0.2, 0.25) is 11.8 Å². The molecule has 2 bridgehead atoms. The lowest BCUT2D eigenvalue weighted by Crippen LogP contribution is -2.38. The van der Waals surface area contributed by atoms with E-state index in [9.17, 15) is 19.2 Å².